The molecule has 0 aliphatic rings. The summed E-state index contributed by atoms with van der Waals surface area (Å²) < 4.78 is 17.9. The van der Waals surface area contributed by atoms with E-state index in [2.05, 4.69) is 20.4 Å². The van der Waals surface area contributed by atoms with Crippen LogP contribution < -0.4 is 20.9 Å². The van der Waals surface area contributed by atoms with E-state index in [0.29, 0.717) is 11.3 Å². The molecule has 2 aromatic heterocycles. The quantitative estimate of drug-likeness (QED) is 0.355. The van der Waals surface area contributed by atoms with Crippen molar-refractivity contribution >= 4 is 19.2 Å². The number of carbonyl (C=O) groups is 1. The lowest BCUT2D eigenvalue weighted by molar-refractivity contribution is 0.0941. The van der Waals surface area contributed by atoms with E-state index >= 15 is 0 Å². The maximum atomic E-state index is 13.0. The summed E-state index contributed by atoms with van der Waals surface area (Å²) in [5, 5.41) is 7.11. The third-order valence-corrected chi connectivity index (χ3v) is 5.66. The molecule has 0 fully saturated rings. The van der Waals surface area contributed by atoms with Gasteiger partial charge in [0, 0.05) is 18.6 Å². The average molecular weight is 464 g/mol. The van der Waals surface area contributed by atoms with E-state index in [4.69, 9.17) is 4.74 Å². The molecule has 166 valence electrons. The van der Waals surface area contributed by atoms with Crippen molar-refractivity contribution in [2.24, 2.45) is 0 Å². The first-order valence-electron chi connectivity index (χ1n) is 9.76. The van der Waals surface area contributed by atoms with Gasteiger partial charge in [0.2, 0.25) is 11.3 Å². The molecule has 0 saturated carbocycles. The number of methoxy groups -OCH3 is 1. The van der Waals surface area contributed by atoms with Gasteiger partial charge in [-0.2, -0.15) is 9.99 Å². The second-order valence-electron chi connectivity index (χ2n) is 6.94. The van der Waals surface area contributed by atoms with Gasteiger partial charge in [0.15, 0.2) is 0 Å². The Balaban J connectivity index is 1.66. The monoisotopic (exact) mass is 464 g/mol. The van der Waals surface area contributed by atoms with Gasteiger partial charge in [-0.25, -0.2) is 9.67 Å². The molecule has 2 unspecified atom stereocenters. The first kappa shape index (κ1) is 22.1. The molecule has 11 heteroatoms. The van der Waals surface area contributed by atoms with Crippen molar-refractivity contribution in [2.45, 2.75) is 6.04 Å². The zero-order valence-electron chi connectivity index (χ0n) is 17.4. The molecule has 4 rings (SSSR count). The molecule has 0 aliphatic carbocycles. The van der Waals surface area contributed by atoms with Crippen LogP contribution in [0.3, 0.4) is 0 Å². The fourth-order valence-corrected chi connectivity index (χ4v) is 3.62. The van der Waals surface area contributed by atoms with Crippen LogP contribution in [0.1, 0.15) is 27.5 Å². The molecule has 0 aliphatic heterocycles. The minimum Gasteiger partial charge on any atom is -0.497 e. The number of aromatic nitrogens is 4. The molecule has 33 heavy (non-hydrogen) atoms. The third-order valence-electron chi connectivity index (χ3n) is 4.92. The summed E-state index contributed by atoms with van der Waals surface area (Å²) in [6, 6.07) is 14.4. The maximum absolute atomic E-state index is 13.0. The Morgan fingerprint density at radius 1 is 1.15 bits per heavy atom. The Morgan fingerprint density at radius 2 is 1.82 bits per heavy atom. The molecule has 0 saturated heterocycles. The molecule has 2 heterocycles. The van der Waals surface area contributed by atoms with Gasteiger partial charge < -0.3 is 10.1 Å². The number of H-pyrrole nitrogens is 1. The molecule has 2 atom stereocenters. The van der Waals surface area contributed by atoms with Crippen LogP contribution in [0.5, 0.6) is 5.75 Å². The van der Waals surface area contributed by atoms with Gasteiger partial charge in [-0.1, -0.05) is 24.3 Å². The molecule has 1 amide bonds. The highest BCUT2D eigenvalue weighted by molar-refractivity contribution is 7.47. The van der Waals surface area contributed by atoms with Crippen LogP contribution in [0, 0.1) is 0 Å². The van der Waals surface area contributed by atoms with E-state index in [9.17, 15) is 19.0 Å². The van der Waals surface area contributed by atoms with Gasteiger partial charge in [0.05, 0.1) is 13.2 Å². The van der Waals surface area contributed by atoms with Crippen LogP contribution in [0.15, 0.2) is 78.0 Å². The van der Waals surface area contributed by atoms with Crippen molar-refractivity contribution in [3.63, 3.8) is 0 Å². The highest BCUT2D eigenvalue weighted by atomic mass is 31.1. The van der Waals surface area contributed by atoms with Gasteiger partial charge in [-0.15, -0.1) is 0 Å². The van der Waals surface area contributed by atoms with Gasteiger partial charge in [0.25, 0.3) is 11.5 Å². The van der Waals surface area contributed by atoms with Crippen LogP contribution in [0.4, 0.5) is 0 Å². The number of aromatic amines is 1. The Kier molecular flexibility index (Phi) is 6.39. The fraction of sp³-hybridized carbons (Fsp3) is 0.0909. The van der Waals surface area contributed by atoms with Crippen LogP contribution >= 0.6 is 8.03 Å². The summed E-state index contributed by atoms with van der Waals surface area (Å²) in [6.07, 6.45) is 4.34. The van der Waals surface area contributed by atoms with Crippen LogP contribution in [-0.4, -0.2) is 37.7 Å². The summed E-state index contributed by atoms with van der Waals surface area (Å²) >= 11 is 0. The number of carbonyl (C=O) groups excluding carboxylic acids is 1. The highest BCUT2D eigenvalue weighted by Crippen LogP contribution is 2.25. The molecule has 0 spiro atoms. The second kappa shape index (κ2) is 9.56. The number of nitrogens with zero attached hydrogens (tertiary/aromatic N) is 3. The summed E-state index contributed by atoms with van der Waals surface area (Å²) in [4.78, 5) is 41.6. The van der Waals surface area contributed by atoms with Crippen molar-refractivity contribution < 1.29 is 19.0 Å². The van der Waals surface area contributed by atoms with E-state index < -0.39 is 25.5 Å². The van der Waals surface area contributed by atoms with Crippen molar-refractivity contribution in [3.8, 4) is 11.7 Å². The number of hydrogen-bond donors (Lipinski definition) is 3. The van der Waals surface area contributed by atoms with Crippen molar-refractivity contribution in [1.29, 1.82) is 0 Å². The molecule has 3 N–H and O–H groups in total. The Bertz CT molecular complexity index is 1340. The lowest BCUT2D eigenvalue weighted by atomic mass is 9.98. The van der Waals surface area contributed by atoms with Crippen LogP contribution in [-0.2, 0) is 4.57 Å². The number of hydrogen-bond acceptors (Lipinski definition) is 6. The van der Waals surface area contributed by atoms with Crippen molar-refractivity contribution in [1.82, 2.24) is 25.1 Å². The molecule has 0 bridgehead atoms. The minimum absolute atomic E-state index is 0.167. The molecule has 10 nitrogen and oxygen atoms in total. The zero-order chi connectivity index (χ0) is 23.4. The highest BCUT2D eigenvalue weighted by Gasteiger charge is 2.22. The predicted molar refractivity (Wildman–Crippen MR) is 120 cm³/mol. The van der Waals surface area contributed by atoms with E-state index in [1.807, 2.05) is 0 Å². The van der Waals surface area contributed by atoms with E-state index in [-0.39, 0.29) is 16.8 Å². The second-order valence-corrected chi connectivity index (χ2v) is 8.01. The average Bonchev–Trinajstić information content (AvgIpc) is 3.37. The Labute approximate surface area is 188 Å². The standard InChI is InChI=1S/C22H18N5O5P/c1-32-16-7-3-14(4-8-16)19(15-5-9-17(10-6-15)33(30)31)25-20(28)18-13-23-22(26-21(18)29)27-12-2-11-24-27/h2-13,19H,1H3,(H2-,23,25,26,28,29,30,31)/p+1. The topological polar surface area (TPSA) is 139 Å². The fourth-order valence-electron chi connectivity index (χ4n) is 3.22. The number of ether oxygens (including phenoxy) is 1. The zero-order valence-corrected chi connectivity index (χ0v) is 18.3. The lowest BCUT2D eigenvalue weighted by Gasteiger charge is -2.20. The SMILES string of the molecule is COc1ccc(C(NC(=O)c2cnc(-n3cccn3)[nH]c2=O)c2ccc([P+](=O)O)cc2)cc1. The van der Waals surface area contributed by atoms with E-state index in [1.54, 1.807) is 62.0 Å². The Morgan fingerprint density at radius 3 is 2.36 bits per heavy atom. The number of amides is 1. The molecular formula is C22H19N5O5P+. The summed E-state index contributed by atoms with van der Waals surface area (Å²) in [5.74, 6) is 0.196. The Hall–Kier alpha value is -4.14. The predicted octanol–water partition coefficient (Wildman–Crippen LogP) is 1.84. The summed E-state index contributed by atoms with van der Waals surface area (Å²) in [7, 11) is -0.928. The van der Waals surface area contributed by atoms with Gasteiger partial charge >= 0.3 is 8.03 Å². The molecule has 4 aromatic rings. The summed E-state index contributed by atoms with van der Waals surface area (Å²) in [6.45, 7) is 0. The number of rotatable bonds is 7. The molecule has 0 radical (unpaired) electrons. The number of benzene rings is 2. The van der Waals surface area contributed by atoms with Crippen molar-refractivity contribution in [3.05, 3.63) is 100 Å². The lowest BCUT2D eigenvalue weighted by Crippen LogP contribution is -2.34. The molecular weight excluding hydrogens is 445 g/mol. The van der Waals surface area contributed by atoms with Gasteiger partial charge in [-0.05, 0) is 46.0 Å². The normalized spacial score (nSPS) is 12.1. The third kappa shape index (κ3) is 4.87. The molecule has 2 aromatic carbocycles. The van der Waals surface area contributed by atoms with E-state index in [1.165, 1.54) is 23.0 Å². The largest absolute Gasteiger partial charge is 0.546 e. The minimum atomic E-state index is -2.48. The first-order chi connectivity index (χ1) is 16.0. The first-order valence-corrected chi connectivity index (χ1v) is 11.0. The smallest absolute Gasteiger partial charge is 0.497 e. The van der Waals surface area contributed by atoms with Gasteiger partial charge in [0.1, 0.15) is 11.3 Å². The maximum Gasteiger partial charge on any atom is 0.546 e. The summed E-state index contributed by atoms with van der Waals surface area (Å²) in [5.41, 5.74) is 0.600. The van der Waals surface area contributed by atoms with E-state index in [0.717, 1.165) is 5.56 Å². The van der Waals surface area contributed by atoms with Crippen LogP contribution in [0.25, 0.3) is 5.95 Å². The van der Waals surface area contributed by atoms with Crippen LogP contribution in [0.2, 0.25) is 0 Å². The van der Waals surface area contributed by atoms with Gasteiger partial charge in [-0.3, -0.25) is 14.6 Å². The number of nitrogens with one attached hydrogen (secondary N) is 2. The van der Waals surface area contributed by atoms with Crippen molar-refractivity contribution in [2.75, 3.05) is 7.11 Å².